The molecule has 2 heterocycles. The van der Waals surface area contributed by atoms with Gasteiger partial charge in [-0.2, -0.15) is 0 Å². The first kappa shape index (κ1) is 11.0. The van der Waals surface area contributed by atoms with Crippen LogP contribution in [-0.4, -0.2) is 29.3 Å². The number of hydrogen-bond acceptors (Lipinski definition) is 2. The fourth-order valence-corrected chi connectivity index (χ4v) is 2.67. The van der Waals surface area contributed by atoms with Crippen molar-refractivity contribution in [3.05, 3.63) is 42.6 Å². The zero-order valence-electron chi connectivity index (χ0n) is 10.0. The number of anilines is 1. The number of fused-ring (bicyclic) bond motifs is 1. The van der Waals surface area contributed by atoms with Crippen LogP contribution in [0.3, 0.4) is 0 Å². The molecule has 2 aliphatic heterocycles. The Morgan fingerprint density at radius 3 is 2.61 bits per heavy atom. The van der Waals surface area contributed by atoms with Gasteiger partial charge in [-0.3, -0.25) is 14.5 Å². The van der Waals surface area contributed by atoms with Crippen LogP contribution in [0.5, 0.6) is 0 Å². The van der Waals surface area contributed by atoms with E-state index in [1.165, 1.54) is 4.90 Å². The number of benzene rings is 1. The van der Waals surface area contributed by atoms with Crippen LogP contribution in [0.4, 0.5) is 5.69 Å². The number of rotatable bonds is 1. The standard InChI is InChI=1S/C14H14N2O2/c1-10-13(17)15-9-5-8-12(15)14(18)16(10)11-6-3-2-4-7-11/h2-4,6-7,12H,1,5,8-9H2/t12-/m0/s1. The number of carbonyl (C=O) groups excluding carboxylic acids is 2. The summed E-state index contributed by atoms with van der Waals surface area (Å²) in [4.78, 5) is 27.7. The van der Waals surface area contributed by atoms with Crippen LogP contribution in [0.1, 0.15) is 12.8 Å². The van der Waals surface area contributed by atoms with Gasteiger partial charge in [-0.1, -0.05) is 24.8 Å². The first-order chi connectivity index (χ1) is 8.70. The molecule has 3 rings (SSSR count). The number of piperazine rings is 1. The first-order valence-electron chi connectivity index (χ1n) is 6.09. The molecule has 1 aromatic carbocycles. The van der Waals surface area contributed by atoms with Crippen molar-refractivity contribution in [2.24, 2.45) is 0 Å². The van der Waals surface area contributed by atoms with E-state index in [1.54, 1.807) is 4.90 Å². The van der Waals surface area contributed by atoms with Crippen molar-refractivity contribution in [1.82, 2.24) is 4.90 Å². The molecule has 0 unspecified atom stereocenters. The molecule has 2 aliphatic rings. The Hall–Kier alpha value is -2.10. The average Bonchev–Trinajstić information content (AvgIpc) is 2.87. The van der Waals surface area contributed by atoms with Gasteiger partial charge >= 0.3 is 0 Å². The lowest BCUT2D eigenvalue weighted by atomic mass is 10.1. The van der Waals surface area contributed by atoms with Crippen molar-refractivity contribution in [2.75, 3.05) is 11.4 Å². The summed E-state index contributed by atoms with van der Waals surface area (Å²) in [5.41, 5.74) is 0.969. The van der Waals surface area contributed by atoms with Crippen molar-refractivity contribution in [3.8, 4) is 0 Å². The van der Waals surface area contributed by atoms with Crippen molar-refractivity contribution in [2.45, 2.75) is 18.9 Å². The molecule has 2 amide bonds. The lowest BCUT2D eigenvalue weighted by molar-refractivity contribution is -0.138. The van der Waals surface area contributed by atoms with E-state index in [-0.39, 0.29) is 23.6 Å². The molecule has 0 spiro atoms. The van der Waals surface area contributed by atoms with Gasteiger partial charge in [-0.15, -0.1) is 0 Å². The Kier molecular flexibility index (Phi) is 2.44. The lowest BCUT2D eigenvalue weighted by Crippen LogP contribution is -2.55. The number of para-hydroxylation sites is 1. The van der Waals surface area contributed by atoms with Gasteiger partial charge in [0.05, 0.1) is 0 Å². The molecule has 0 N–H and O–H groups in total. The second-order valence-electron chi connectivity index (χ2n) is 4.61. The highest BCUT2D eigenvalue weighted by atomic mass is 16.2. The smallest absolute Gasteiger partial charge is 0.270 e. The van der Waals surface area contributed by atoms with Crippen LogP contribution in [0.2, 0.25) is 0 Å². The topological polar surface area (TPSA) is 40.6 Å². The Bertz CT molecular complexity index is 524. The normalized spacial score (nSPS) is 23.6. The van der Waals surface area contributed by atoms with E-state index >= 15 is 0 Å². The summed E-state index contributed by atoms with van der Waals surface area (Å²) >= 11 is 0. The molecule has 0 saturated carbocycles. The minimum atomic E-state index is -0.303. The summed E-state index contributed by atoms with van der Waals surface area (Å²) in [6, 6.07) is 8.91. The maximum atomic E-state index is 12.4. The van der Waals surface area contributed by atoms with Crippen LogP contribution in [0.25, 0.3) is 0 Å². The fourth-order valence-electron chi connectivity index (χ4n) is 2.67. The molecule has 4 nitrogen and oxygen atoms in total. The molecule has 0 bridgehead atoms. The predicted octanol–water partition coefficient (Wildman–Crippen LogP) is 1.54. The quantitative estimate of drug-likeness (QED) is 0.701. The minimum absolute atomic E-state index is 0.0386. The molecule has 0 aliphatic carbocycles. The zero-order valence-corrected chi connectivity index (χ0v) is 10.0. The highest BCUT2D eigenvalue weighted by molar-refractivity contribution is 6.15. The van der Waals surface area contributed by atoms with Gasteiger partial charge in [0.15, 0.2) is 0 Å². The van der Waals surface area contributed by atoms with E-state index in [4.69, 9.17) is 0 Å². The second-order valence-corrected chi connectivity index (χ2v) is 4.61. The van der Waals surface area contributed by atoms with Crippen LogP contribution < -0.4 is 4.90 Å². The summed E-state index contributed by atoms with van der Waals surface area (Å²) in [6.45, 7) is 4.44. The Labute approximate surface area is 105 Å². The Balaban J connectivity index is 2.02. The van der Waals surface area contributed by atoms with Gasteiger partial charge in [-0.25, -0.2) is 0 Å². The van der Waals surface area contributed by atoms with E-state index in [1.807, 2.05) is 30.3 Å². The van der Waals surface area contributed by atoms with Crippen LogP contribution in [0.15, 0.2) is 42.6 Å². The Morgan fingerprint density at radius 1 is 1.17 bits per heavy atom. The van der Waals surface area contributed by atoms with E-state index in [0.29, 0.717) is 12.2 Å². The molecule has 1 atom stereocenters. The van der Waals surface area contributed by atoms with E-state index in [9.17, 15) is 9.59 Å². The molecule has 1 aromatic rings. The molecule has 0 aromatic heterocycles. The summed E-state index contributed by atoms with van der Waals surface area (Å²) in [5, 5.41) is 0. The average molecular weight is 242 g/mol. The van der Waals surface area contributed by atoms with Gasteiger partial charge in [0.25, 0.3) is 11.8 Å². The van der Waals surface area contributed by atoms with Crippen molar-refractivity contribution >= 4 is 17.5 Å². The van der Waals surface area contributed by atoms with Crippen LogP contribution in [0, 0.1) is 0 Å². The van der Waals surface area contributed by atoms with E-state index in [0.717, 1.165) is 12.8 Å². The molecule has 92 valence electrons. The van der Waals surface area contributed by atoms with Crippen molar-refractivity contribution in [3.63, 3.8) is 0 Å². The largest absolute Gasteiger partial charge is 0.325 e. The molecule has 18 heavy (non-hydrogen) atoms. The van der Waals surface area contributed by atoms with E-state index in [2.05, 4.69) is 6.58 Å². The van der Waals surface area contributed by atoms with Crippen molar-refractivity contribution in [1.29, 1.82) is 0 Å². The summed E-state index contributed by atoms with van der Waals surface area (Å²) in [5.74, 6) is -0.163. The van der Waals surface area contributed by atoms with Crippen molar-refractivity contribution < 1.29 is 9.59 Å². The maximum Gasteiger partial charge on any atom is 0.270 e. The molecule has 0 radical (unpaired) electrons. The molecule has 2 saturated heterocycles. The van der Waals surface area contributed by atoms with Gasteiger partial charge in [0.1, 0.15) is 11.7 Å². The number of carbonyl (C=O) groups is 2. The third-order valence-electron chi connectivity index (χ3n) is 3.55. The zero-order chi connectivity index (χ0) is 12.7. The van der Waals surface area contributed by atoms with E-state index < -0.39 is 0 Å². The summed E-state index contributed by atoms with van der Waals surface area (Å²) < 4.78 is 0. The first-order valence-corrected chi connectivity index (χ1v) is 6.09. The highest BCUT2D eigenvalue weighted by Gasteiger charge is 2.44. The van der Waals surface area contributed by atoms with Gasteiger partial charge in [-0.05, 0) is 25.0 Å². The number of amides is 2. The minimum Gasteiger partial charge on any atom is -0.325 e. The molecule has 4 heteroatoms. The summed E-state index contributed by atoms with van der Waals surface area (Å²) in [7, 11) is 0. The molecule has 2 fully saturated rings. The molecular formula is C14H14N2O2. The number of hydrogen-bond donors (Lipinski definition) is 0. The second kappa shape index (κ2) is 3.98. The third-order valence-corrected chi connectivity index (χ3v) is 3.55. The van der Waals surface area contributed by atoms with Gasteiger partial charge in [0.2, 0.25) is 0 Å². The third kappa shape index (κ3) is 1.45. The monoisotopic (exact) mass is 242 g/mol. The SMILES string of the molecule is C=C1C(=O)N2CCC[C@H]2C(=O)N1c1ccccc1. The Morgan fingerprint density at radius 2 is 1.89 bits per heavy atom. The maximum absolute atomic E-state index is 12.4. The van der Waals surface area contributed by atoms with Crippen LogP contribution in [-0.2, 0) is 9.59 Å². The molecular weight excluding hydrogens is 228 g/mol. The summed E-state index contributed by atoms with van der Waals surface area (Å²) in [6.07, 6.45) is 1.64. The predicted molar refractivity (Wildman–Crippen MR) is 67.8 cm³/mol. The van der Waals surface area contributed by atoms with Gasteiger partial charge < -0.3 is 4.90 Å². The number of nitrogens with zero attached hydrogens (tertiary/aromatic N) is 2. The highest BCUT2D eigenvalue weighted by Crippen LogP contribution is 2.31. The van der Waals surface area contributed by atoms with Crippen LogP contribution >= 0.6 is 0 Å². The fraction of sp³-hybridized carbons (Fsp3) is 0.286. The lowest BCUT2D eigenvalue weighted by Gasteiger charge is -2.37. The van der Waals surface area contributed by atoms with Gasteiger partial charge in [0, 0.05) is 12.2 Å².